The Morgan fingerprint density at radius 2 is 0.674 bits per heavy atom. The summed E-state index contributed by atoms with van der Waals surface area (Å²) < 4.78 is 40.1. The average Bonchev–Trinajstić information content (AvgIpc) is 0.946. The molecule has 4 aliphatic carbocycles. The average molecular weight is 1210 g/mol. The third kappa shape index (κ3) is 21.5. The quantitative estimate of drug-likeness (QED) is 0.0206. The lowest BCUT2D eigenvalue weighted by Gasteiger charge is -2.56. The summed E-state index contributed by atoms with van der Waals surface area (Å²) in [5.41, 5.74) is 3.14. The van der Waals surface area contributed by atoms with E-state index in [4.69, 9.17) is 33.2 Å². The van der Waals surface area contributed by atoms with Gasteiger partial charge in [0.1, 0.15) is 34.5 Å². The van der Waals surface area contributed by atoms with Gasteiger partial charge in [-0.25, -0.2) is 19.2 Å². The maximum Gasteiger partial charge on any atom is 0.343 e. The van der Waals surface area contributed by atoms with Crippen LogP contribution in [-0.2, 0) is 9.53 Å². The highest BCUT2D eigenvalue weighted by Crippen LogP contribution is 2.61. The molecule has 89 heavy (non-hydrogen) atoms. The van der Waals surface area contributed by atoms with Crippen LogP contribution < -0.4 is 28.4 Å². The number of carbonyl (C=O) groups is 5. The van der Waals surface area contributed by atoms with Crippen LogP contribution in [-0.4, -0.2) is 49.7 Å². The second-order valence-corrected chi connectivity index (χ2v) is 25.3. The first-order valence-electron chi connectivity index (χ1n) is 33.5. The number of hydrogen-bond acceptors (Lipinski definition) is 12. The Morgan fingerprint density at radius 1 is 0.348 bits per heavy atom. The highest BCUT2D eigenvalue weighted by Gasteiger charge is 2.51. The first-order chi connectivity index (χ1) is 43.5. The number of rotatable bonds is 38. The molecule has 0 aromatic heterocycles. The van der Waals surface area contributed by atoms with Crippen molar-refractivity contribution in [3.63, 3.8) is 0 Å². The van der Waals surface area contributed by atoms with E-state index < -0.39 is 23.9 Å². The molecule has 6 aromatic rings. The van der Waals surface area contributed by atoms with Crippen LogP contribution in [0.4, 0.5) is 0 Å². The van der Waals surface area contributed by atoms with Crippen molar-refractivity contribution in [1.29, 1.82) is 0 Å². The molecule has 0 spiro atoms. The summed E-state index contributed by atoms with van der Waals surface area (Å²) in [7, 11) is 0. The highest BCUT2D eigenvalue weighted by atomic mass is 16.6. The van der Waals surface area contributed by atoms with Crippen LogP contribution in [0.25, 0.3) is 11.1 Å². The molecule has 472 valence electrons. The molecule has 0 saturated heterocycles. The predicted molar refractivity (Wildman–Crippen MR) is 347 cm³/mol. The van der Waals surface area contributed by atoms with E-state index in [9.17, 15) is 24.0 Å². The van der Waals surface area contributed by atoms with Crippen LogP contribution in [0, 0.1) is 23.2 Å². The molecule has 4 fully saturated rings. The van der Waals surface area contributed by atoms with Crippen molar-refractivity contribution in [2.45, 2.75) is 187 Å². The molecule has 12 nitrogen and oxygen atoms in total. The van der Waals surface area contributed by atoms with Gasteiger partial charge < -0.3 is 33.2 Å². The summed E-state index contributed by atoms with van der Waals surface area (Å²) in [6, 6.07) is 40.2. The van der Waals surface area contributed by atoms with E-state index in [1.807, 2.05) is 6.07 Å². The summed E-state index contributed by atoms with van der Waals surface area (Å²) in [6.07, 6.45) is 34.2. The van der Waals surface area contributed by atoms with Gasteiger partial charge in [0.25, 0.3) is 0 Å². The summed E-state index contributed by atoms with van der Waals surface area (Å²) in [5, 5.41) is 0. The third-order valence-corrected chi connectivity index (χ3v) is 18.0. The van der Waals surface area contributed by atoms with Crippen LogP contribution >= 0.6 is 0 Å². The minimum atomic E-state index is -0.582. The Morgan fingerprint density at radius 3 is 1.06 bits per heavy atom. The van der Waals surface area contributed by atoms with Gasteiger partial charge in [-0.2, -0.15) is 0 Å². The number of carbonyl (C=O) groups excluding carboxylic acids is 5. The van der Waals surface area contributed by atoms with E-state index >= 15 is 0 Å². The van der Waals surface area contributed by atoms with Gasteiger partial charge in [-0.15, -0.1) is 0 Å². The molecule has 0 unspecified atom stereocenters. The maximum absolute atomic E-state index is 13.2. The first-order valence-corrected chi connectivity index (χ1v) is 33.5. The molecular weight excluding hydrogens is 1120 g/mol. The molecule has 12 heteroatoms. The van der Waals surface area contributed by atoms with Gasteiger partial charge in [-0.05, 0) is 213 Å². The van der Waals surface area contributed by atoms with Gasteiger partial charge in [0.15, 0.2) is 0 Å². The fourth-order valence-corrected chi connectivity index (χ4v) is 13.6. The maximum atomic E-state index is 13.2. The lowest BCUT2D eigenvalue weighted by Crippen LogP contribution is -2.47. The number of hydrogen-bond donors (Lipinski definition) is 0. The SMILES string of the molecule is CCCCCCCCCCCCCCOc1ccc(C(=O)Oc2ccc(C(=O)Oc3cccc(-c4ccc(OC(=O)c5ccc(OC(=O)c6ccc(OCCCCCCCCCCCOC(=O)CC78CC9CC(CC(C9)C7)C8)cc6)cc5)cc4)c3)cc2)cc1. The molecule has 0 N–H and O–H groups in total. The molecular formula is C77H92O12. The molecule has 0 heterocycles. The monoisotopic (exact) mass is 1210 g/mol. The largest absolute Gasteiger partial charge is 0.494 e. The Hall–Kier alpha value is -7.73. The van der Waals surface area contributed by atoms with Crippen LogP contribution in [0.1, 0.15) is 228 Å². The molecule has 0 amide bonds. The second-order valence-electron chi connectivity index (χ2n) is 25.3. The summed E-state index contributed by atoms with van der Waals surface area (Å²) >= 11 is 0. The van der Waals surface area contributed by atoms with Crippen molar-refractivity contribution in [1.82, 2.24) is 0 Å². The van der Waals surface area contributed by atoms with Crippen LogP contribution in [0.15, 0.2) is 146 Å². The molecule has 4 saturated carbocycles. The van der Waals surface area contributed by atoms with Gasteiger partial charge in [0.2, 0.25) is 0 Å². The Kier molecular flexibility index (Phi) is 25.7. The van der Waals surface area contributed by atoms with E-state index in [1.165, 1.54) is 147 Å². The summed E-state index contributed by atoms with van der Waals surface area (Å²) in [4.78, 5) is 64.8. The van der Waals surface area contributed by atoms with E-state index in [2.05, 4.69) is 6.92 Å². The normalized spacial score (nSPS) is 17.2. The number of esters is 5. The zero-order valence-corrected chi connectivity index (χ0v) is 52.4. The van der Waals surface area contributed by atoms with Gasteiger partial charge in [-0.1, -0.05) is 147 Å². The Labute approximate surface area is 527 Å². The highest BCUT2D eigenvalue weighted by molar-refractivity contribution is 5.94. The van der Waals surface area contributed by atoms with E-state index in [1.54, 1.807) is 127 Å². The predicted octanol–water partition coefficient (Wildman–Crippen LogP) is 19.3. The van der Waals surface area contributed by atoms with E-state index in [0.29, 0.717) is 60.4 Å². The van der Waals surface area contributed by atoms with Crippen molar-refractivity contribution in [2.75, 3.05) is 19.8 Å². The lowest BCUT2D eigenvalue weighted by atomic mass is 9.49. The number of benzene rings is 6. The molecule has 4 bridgehead atoms. The lowest BCUT2D eigenvalue weighted by molar-refractivity contribution is -0.152. The van der Waals surface area contributed by atoms with Gasteiger partial charge in [-0.3, -0.25) is 4.79 Å². The number of unbranched alkanes of at least 4 members (excludes halogenated alkanes) is 19. The minimum absolute atomic E-state index is 0.0416. The molecule has 0 atom stereocenters. The summed E-state index contributed by atoms with van der Waals surface area (Å²) in [5.74, 6) is 3.06. The van der Waals surface area contributed by atoms with Crippen molar-refractivity contribution >= 4 is 29.8 Å². The van der Waals surface area contributed by atoms with E-state index in [0.717, 1.165) is 67.4 Å². The second kappa shape index (κ2) is 34.9. The van der Waals surface area contributed by atoms with Crippen LogP contribution in [0.3, 0.4) is 0 Å². The van der Waals surface area contributed by atoms with Crippen molar-refractivity contribution < 1.29 is 57.1 Å². The summed E-state index contributed by atoms with van der Waals surface area (Å²) in [6.45, 7) is 4.08. The molecule has 0 radical (unpaired) electrons. The third-order valence-electron chi connectivity index (χ3n) is 18.0. The fourth-order valence-electron chi connectivity index (χ4n) is 13.6. The molecule has 10 rings (SSSR count). The van der Waals surface area contributed by atoms with E-state index in [-0.39, 0.29) is 34.0 Å². The zero-order valence-electron chi connectivity index (χ0n) is 52.4. The number of ether oxygens (including phenoxy) is 7. The molecule has 0 aliphatic heterocycles. The smallest absolute Gasteiger partial charge is 0.343 e. The molecule has 6 aromatic carbocycles. The van der Waals surface area contributed by atoms with Gasteiger partial charge in [0, 0.05) is 0 Å². The topological polar surface area (TPSA) is 150 Å². The van der Waals surface area contributed by atoms with Crippen LogP contribution in [0.5, 0.6) is 34.5 Å². The van der Waals surface area contributed by atoms with Crippen molar-refractivity contribution in [3.05, 3.63) is 168 Å². The zero-order chi connectivity index (χ0) is 61.9. The van der Waals surface area contributed by atoms with Crippen molar-refractivity contribution in [3.8, 4) is 45.6 Å². The molecule has 4 aliphatic rings. The Bertz CT molecular complexity index is 3110. The van der Waals surface area contributed by atoms with Gasteiger partial charge in [0.05, 0.1) is 48.5 Å². The minimum Gasteiger partial charge on any atom is -0.494 e. The standard InChI is InChI=1S/C77H92O12/c1-2-3-4-5-6-7-8-9-11-14-17-20-46-83-66-38-30-62(31-39-66)74(80)88-70-44-34-64(35-45-70)76(82)89-71-25-23-24-65(52-71)60-26-40-68(41-27-60)86-75(81)63-32-42-69(43-33-63)87-73(79)61-28-36-67(37-29-61)84-47-21-18-15-12-10-13-16-19-22-48-85-72(78)56-77-53-57-49-58(54-77)51-59(50-57)55-77/h23-45,52,57-59H,2-22,46-51,53-56H2,1H3. The van der Waals surface area contributed by atoms with Crippen LogP contribution in [0.2, 0.25) is 0 Å². The fraction of sp³-hybridized carbons (Fsp3) is 0.468. The Balaban J connectivity index is 0.598. The first kappa shape index (κ1) is 65.7. The van der Waals surface area contributed by atoms with Gasteiger partial charge >= 0.3 is 29.8 Å². The van der Waals surface area contributed by atoms with Crippen molar-refractivity contribution in [2.24, 2.45) is 23.2 Å².